The van der Waals surface area contributed by atoms with Gasteiger partial charge in [-0.25, -0.2) is 9.59 Å². The van der Waals surface area contributed by atoms with Gasteiger partial charge in [0.25, 0.3) is 0 Å². The molecular weight excluding hydrogens is 272 g/mol. The SMILES string of the molecule is O=C(O)C1C2CCCC2CN1C(=O)NC1CCCCC1O. The van der Waals surface area contributed by atoms with Gasteiger partial charge in [-0.1, -0.05) is 19.3 Å². The molecule has 0 bridgehead atoms. The van der Waals surface area contributed by atoms with Crippen LogP contribution in [0.15, 0.2) is 0 Å². The molecule has 1 heterocycles. The van der Waals surface area contributed by atoms with Gasteiger partial charge >= 0.3 is 12.0 Å². The molecule has 2 saturated carbocycles. The number of likely N-dealkylation sites (tertiary alicyclic amines) is 1. The largest absolute Gasteiger partial charge is 0.480 e. The molecule has 3 fully saturated rings. The molecule has 1 aliphatic heterocycles. The van der Waals surface area contributed by atoms with Crippen LogP contribution in [0, 0.1) is 11.8 Å². The first-order valence-corrected chi connectivity index (χ1v) is 8.06. The second-order valence-corrected chi connectivity index (χ2v) is 6.70. The molecule has 0 aromatic carbocycles. The van der Waals surface area contributed by atoms with Crippen molar-refractivity contribution in [2.24, 2.45) is 11.8 Å². The van der Waals surface area contributed by atoms with E-state index in [4.69, 9.17) is 0 Å². The van der Waals surface area contributed by atoms with Gasteiger partial charge in [0.05, 0.1) is 12.1 Å². The molecule has 0 aromatic rings. The maximum Gasteiger partial charge on any atom is 0.326 e. The fourth-order valence-corrected chi connectivity index (χ4v) is 4.35. The van der Waals surface area contributed by atoms with Gasteiger partial charge in [-0.2, -0.15) is 0 Å². The number of aliphatic carboxylic acids is 1. The number of nitrogens with zero attached hydrogens (tertiary/aromatic N) is 1. The second-order valence-electron chi connectivity index (χ2n) is 6.70. The van der Waals surface area contributed by atoms with Crippen LogP contribution in [-0.4, -0.2) is 51.8 Å². The molecule has 0 aromatic heterocycles. The number of carbonyl (C=O) groups is 2. The number of carboxylic acid groups (broad SMARTS) is 1. The zero-order valence-corrected chi connectivity index (χ0v) is 12.2. The Morgan fingerprint density at radius 1 is 1.05 bits per heavy atom. The van der Waals surface area contributed by atoms with E-state index in [1.165, 1.54) is 4.90 Å². The Balaban J connectivity index is 1.67. The zero-order valence-electron chi connectivity index (χ0n) is 12.2. The predicted molar refractivity (Wildman–Crippen MR) is 75.8 cm³/mol. The third kappa shape index (κ3) is 2.73. The van der Waals surface area contributed by atoms with Crippen molar-refractivity contribution in [3.8, 4) is 0 Å². The summed E-state index contributed by atoms with van der Waals surface area (Å²) in [6, 6.07) is -1.25. The smallest absolute Gasteiger partial charge is 0.326 e. The molecule has 2 amide bonds. The topological polar surface area (TPSA) is 89.9 Å². The number of urea groups is 1. The predicted octanol–water partition coefficient (Wildman–Crippen LogP) is 1.18. The van der Waals surface area contributed by atoms with Crippen LogP contribution in [0.1, 0.15) is 44.9 Å². The summed E-state index contributed by atoms with van der Waals surface area (Å²) in [5, 5.41) is 22.3. The summed E-state index contributed by atoms with van der Waals surface area (Å²) in [5.74, 6) is -0.471. The number of aliphatic hydroxyl groups is 1. The van der Waals surface area contributed by atoms with E-state index in [2.05, 4.69) is 5.32 Å². The van der Waals surface area contributed by atoms with E-state index in [1.54, 1.807) is 0 Å². The molecule has 0 spiro atoms. The van der Waals surface area contributed by atoms with Crippen LogP contribution < -0.4 is 5.32 Å². The van der Waals surface area contributed by atoms with Crippen molar-refractivity contribution in [3.05, 3.63) is 0 Å². The minimum absolute atomic E-state index is 0.101. The normalized spacial score (nSPS) is 39.1. The highest BCUT2D eigenvalue weighted by atomic mass is 16.4. The second kappa shape index (κ2) is 5.83. The van der Waals surface area contributed by atoms with Gasteiger partial charge in [0, 0.05) is 6.54 Å². The zero-order chi connectivity index (χ0) is 15.0. The van der Waals surface area contributed by atoms with Gasteiger partial charge in [-0.05, 0) is 37.5 Å². The summed E-state index contributed by atoms with van der Waals surface area (Å²) >= 11 is 0. The maximum absolute atomic E-state index is 12.4. The number of aliphatic hydroxyl groups excluding tert-OH is 1. The molecule has 21 heavy (non-hydrogen) atoms. The van der Waals surface area contributed by atoms with E-state index in [-0.39, 0.29) is 18.0 Å². The quantitative estimate of drug-likeness (QED) is 0.714. The van der Waals surface area contributed by atoms with Crippen molar-refractivity contribution in [1.82, 2.24) is 10.2 Å². The number of hydrogen-bond acceptors (Lipinski definition) is 3. The number of carboxylic acids is 1. The number of hydrogen-bond donors (Lipinski definition) is 3. The van der Waals surface area contributed by atoms with Crippen LogP contribution in [0.25, 0.3) is 0 Å². The molecule has 6 heteroatoms. The monoisotopic (exact) mass is 296 g/mol. The van der Waals surface area contributed by atoms with Crippen LogP contribution in [0.5, 0.6) is 0 Å². The van der Waals surface area contributed by atoms with Crippen molar-refractivity contribution in [3.63, 3.8) is 0 Å². The molecule has 5 atom stereocenters. The van der Waals surface area contributed by atoms with Gasteiger partial charge in [0.1, 0.15) is 6.04 Å². The van der Waals surface area contributed by atoms with E-state index < -0.39 is 18.1 Å². The highest BCUT2D eigenvalue weighted by molar-refractivity contribution is 5.84. The minimum atomic E-state index is -0.899. The molecule has 2 aliphatic carbocycles. The lowest BCUT2D eigenvalue weighted by molar-refractivity contribution is -0.142. The fourth-order valence-electron chi connectivity index (χ4n) is 4.35. The number of fused-ring (bicyclic) bond motifs is 1. The van der Waals surface area contributed by atoms with E-state index in [0.717, 1.165) is 38.5 Å². The van der Waals surface area contributed by atoms with E-state index in [1.807, 2.05) is 0 Å². The van der Waals surface area contributed by atoms with E-state index >= 15 is 0 Å². The Morgan fingerprint density at radius 3 is 2.52 bits per heavy atom. The fraction of sp³-hybridized carbons (Fsp3) is 0.867. The van der Waals surface area contributed by atoms with Gasteiger partial charge in [0.15, 0.2) is 0 Å². The summed E-state index contributed by atoms with van der Waals surface area (Å²) in [7, 11) is 0. The molecule has 3 aliphatic rings. The average molecular weight is 296 g/mol. The van der Waals surface area contributed by atoms with Crippen molar-refractivity contribution in [2.75, 3.05) is 6.54 Å². The van der Waals surface area contributed by atoms with Crippen molar-refractivity contribution in [1.29, 1.82) is 0 Å². The highest BCUT2D eigenvalue weighted by Crippen LogP contribution is 2.42. The van der Waals surface area contributed by atoms with Gasteiger partial charge in [0.2, 0.25) is 0 Å². The molecule has 3 rings (SSSR count). The van der Waals surface area contributed by atoms with Crippen molar-refractivity contribution >= 4 is 12.0 Å². The minimum Gasteiger partial charge on any atom is -0.480 e. The lowest BCUT2D eigenvalue weighted by Crippen LogP contribution is -2.53. The van der Waals surface area contributed by atoms with Crippen LogP contribution in [0.3, 0.4) is 0 Å². The molecule has 1 saturated heterocycles. The third-order valence-electron chi connectivity index (χ3n) is 5.44. The molecule has 6 nitrogen and oxygen atoms in total. The van der Waals surface area contributed by atoms with Gasteiger partial charge < -0.3 is 20.4 Å². The lowest BCUT2D eigenvalue weighted by Gasteiger charge is -2.32. The summed E-state index contributed by atoms with van der Waals surface area (Å²) < 4.78 is 0. The Hall–Kier alpha value is -1.30. The maximum atomic E-state index is 12.4. The highest BCUT2D eigenvalue weighted by Gasteiger charge is 2.49. The molecule has 118 valence electrons. The lowest BCUT2D eigenvalue weighted by atomic mass is 9.92. The molecule has 5 unspecified atom stereocenters. The third-order valence-corrected chi connectivity index (χ3v) is 5.44. The molecule has 0 radical (unpaired) electrons. The molecular formula is C15H24N2O4. The molecule has 3 N–H and O–H groups in total. The summed E-state index contributed by atoms with van der Waals surface area (Å²) in [4.78, 5) is 25.5. The number of carbonyl (C=O) groups excluding carboxylic acids is 1. The van der Waals surface area contributed by atoms with E-state index in [0.29, 0.717) is 18.9 Å². The van der Waals surface area contributed by atoms with Gasteiger partial charge in [-0.3, -0.25) is 0 Å². The van der Waals surface area contributed by atoms with Crippen molar-refractivity contribution in [2.45, 2.75) is 63.1 Å². The first kappa shape index (κ1) is 14.6. The average Bonchev–Trinajstić information content (AvgIpc) is 3.00. The van der Waals surface area contributed by atoms with Crippen molar-refractivity contribution < 1.29 is 19.8 Å². The summed E-state index contributed by atoms with van der Waals surface area (Å²) in [5.41, 5.74) is 0. The first-order chi connectivity index (χ1) is 10.1. The van der Waals surface area contributed by atoms with Crippen LogP contribution >= 0.6 is 0 Å². The van der Waals surface area contributed by atoms with E-state index in [9.17, 15) is 19.8 Å². The van der Waals surface area contributed by atoms with Gasteiger partial charge in [-0.15, -0.1) is 0 Å². The van der Waals surface area contributed by atoms with Crippen LogP contribution in [0.4, 0.5) is 4.79 Å². The Morgan fingerprint density at radius 2 is 1.81 bits per heavy atom. The standard InChI is InChI=1S/C15H24N2O4/c18-12-7-2-1-6-11(12)16-15(21)17-8-9-4-3-5-10(9)13(17)14(19)20/h9-13,18H,1-8H2,(H,16,21)(H,19,20). The number of amides is 2. The van der Waals surface area contributed by atoms with Crippen LogP contribution in [0.2, 0.25) is 0 Å². The number of rotatable bonds is 2. The first-order valence-electron chi connectivity index (χ1n) is 8.06. The Kier molecular flexibility index (Phi) is 4.06. The Bertz CT molecular complexity index is 428. The van der Waals surface area contributed by atoms with Crippen LogP contribution in [-0.2, 0) is 4.79 Å². The number of nitrogens with one attached hydrogen (secondary N) is 1. The summed E-state index contributed by atoms with van der Waals surface area (Å²) in [6.07, 6.45) is 5.93. The summed E-state index contributed by atoms with van der Waals surface area (Å²) in [6.45, 7) is 0.538. The Labute approximate surface area is 124 Å².